The van der Waals surface area contributed by atoms with Gasteiger partial charge in [-0.25, -0.2) is 4.98 Å². The number of benzene rings is 1. The first kappa shape index (κ1) is 15.3. The van der Waals surface area contributed by atoms with Crippen molar-refractivity contribution in [1.29, 1.82) is 0 Å². The minimum atomic E-state index is -0.0259. The van der Waals surface area contributed by atoms with E-state index in [0.29, 0.717) is 18.2 Å². The Labute approximate surface area is 126 Å². The summed E-state index contributed by atoms with van der Waals surface area (Å²) < 4.78 is 11.7. The van der Waals surface area contributed by atoms with Crippen molar-refractivity contribution in [3.63, 3.8) is 0 Å². The molecule has 2 rings (SSSR count). The van der Waals surface area contributed by atoms with E-state index in [4.69, 9.17) is 9.47 Å². The van der Waals surface area contributed by atoms with Gasteiger partial charge in [0.1, 0.15) is 6.10 Å². The molecule has 0 fully saturated rings. The van der Waals surface area contributed by atoms with Crippen LogP contribution in [0.5, 0.6) is 11.6 Å². The van der Waals surface area contributed by atoms with Crippen LogP contribution in [0.2, 0.25) is 0 Å². The highest BCUT2D eigenvalue weighted by Crippen LogP contribution is 2.30. The Balaban J connectivity index is 2.19. The standard InChI is InChI=1S/C17H22N2O2/c1-3-20-17-16(10-7-12-19-17)21-15(11-13-18-2)14-8-5-4-6-9-14/h4-10,12,15,18H,3,11,13H2,1-2H3/t15-/m1/s1/i2-1. The van der Waals surface area contributed by atoms with Gasteiger partial charge in [0.05, 0.1) is 6.61 Å². The van der Waals surface area contributed by atoms with Crippen LogP contribution in [-0.4, -0.2) is 25.2 Å². The van der Waals surface area contributed by atoms with Gasteiger partial charge in [-0.1, -0.05) is 30.3 Å². The second-order valence-corrected chi connectivity index (χ2v) is 4.65. The van der Waals surface area contributed by atoms with Crippen LogP contribution in [-0.2, 0) is 0 Å². The van der Waals surface area contributed by atoms with Crippen molar-refractivity contribution in [3.05, 3.63) is 54.2 Å². The smallest absolute Gasteiger partial charge is 0.257 e. The van der Waals surface area contributed by atoms with Crippen molar-refractivity contribution in [2.45, 2.75) is 19.4 Å². The predicted octanol–water partition coefficient (Wildman–Crippen LogP) is 3.21. The van der Waals surface area contributed by atoms with Crippen molar-refractivity contribution in [2.24, 2.45) is 0 Å². The average Bonchev–Trinajstić information content (AvgIpc) is 2.54. The van der Waals surface area contributed by atoms with Gasteiger partial charge in [0.25, 0.3) is 5.88 Å². The lowest BCUT2D eigenvalue weighted by atomic mass is 10.1. The predicted molar refractivity (Wildman–Crippen MR) is 83.8 cm³/mol. The zero-order chi connectivity index (χ0) is 14.9. The summed E-state index contributed by atoms with van der Waals surface area (Å²) in [5.74, 6) is 1.23. The molecule has 1 N–H and O–H groups in total. The Bertz CT molecular complexity index is 531. The molecule has 0 bridgehead atoms. The van der Waals surface area contributed by atoms with Crippen LogP contribution in [0.3, 0.4) is 0 Å². The molecule has 0 amide bonds. The summed E-state index contributed by atoms with van der Waals surface area (Å²) in [5.41, 5.74) is 1.15. The molecule has 1 aromatic heterocycles. The molecule has 0 saturated heterocycles. The number of nitrogens with one attached hydrogen (secondary N) is 1. The van der Waals surface area contributed by atoms with Crippen molar-refractivity contribution in [1.82, 2.24) is 10.3 Å². The van der Waals surface area contributed by atoms with Gasteiger partial charge < -0.3 is 14.8 Å². The summed E-state index contributed by atoms with van der Waals surface area (Å²) in [6.07, 6.45) is 2.56. The highest BCUT2D eigenvalue weighted by Gasteiger charge is 2.15. The average molecular weight is 285 g/mol. The molecule has 0 aliphatic rings. The summed E-state index contributed by atoms with van der Waals surface area (Å²) in [6.45, 7) is 3.39. The number of nitrogens with zero attached hydrogens (tertiary/aromatic N) is 1. The lowest BCUT2D eigenvalue weighted by Gasteiger charge is -2.20. The van der Waals surface area contributed by atoms with E-state index in [2.05, 4.69) is 22.4 Å². The van der Waals surface area contributed by atoms with Gasteiger partial charge in [-0.3, -0.25) is 0 Å². The number of pyridine rings is 1. The van der Waals surface area contributed by atoms with Gasteiger partial charge in [-0.2, -0.15) is 0 Å². The summed E-state index contributed by atoms with van der Waals surface area (Å²) >= 11 is 0. The van der Waals surface area contributed by atoms with E-state index in [-0.39, 0.29) is 6.10 Å². The van der Waals surface area contributed by atoms with E-state index in [9.17, 15) is 0 Å². The van der Waals surface area contributed by atoms with E-state index >= 15 is 0 Å². The Morgan fingerprint density at radius 1 is 1.14 bits per heavy atom. The highest BCUT2D eigenvalue weighted by molar-refractivity contribution is 5.33. The molecule has 4 nitrogen and oxygen atoms in total. The maximum Gasteiger partial charge on any atom is 0.257 e. The first-order valence-electron chi connectivity index (χ1n) is 7.29. The van der Waals surface area contributed by atoms with Gasteiger partial charge >= 0.3 is 0 Å². The lowest BCUT2D eigenvalue weighted by Crippen LogP contribution is -2.16. The molecule has 0 aliphatic heterocycles. The van der Waals surface area contributed by atoms with E-state index in [1.165, 1.54) is 0 Å². The third-order valence-electron chi connectivity index (χ3n) is 3.11. The van der Waals surface area contributed by atoms with Crippen LogP contribution in [0.15, 0.2) is 48.7 Å². The molecule has 0 unspecified atom stereocenters. The molecule has 0 aliphatic carbocycles. The molecule has 0 saturated carbocycles. The van der Waals surface area contributed by atoms with Crippen LogP contribution in [0.1, 0.15) is 25.0 Å². The minimum Gasteiger partial charge on any atom is -0.480 e. The van der Waals surface area contributed by atoms with Crippen molar-refractivity contribution >= 4 is 0 Å². The molecule has 4 heteroatoms. The molecule has 2 aromatic rings. The van der Waals surface area contributed by atoms with Crippen molar-refractivity contribution < 1.29 is 9.47 Å². The van der Waals surface area contributed by atoms with Crippen LogP contribution in [0.25, 0.3) is 0 Å². The van der Waals surface area contributed by atoms with Gasteiger partial charge in [0, 0.05) is 12.6 Å². The molecule has 0 radical (unpaired) electrons. The zero-order valence-electron chi connectivity index (χ0n) is 12.6. The summed E-state index contributed by atoms with van der Waals surface area (Å²) in [4.78, 5) is 4.23. The number of ether oxygens (including phenoxy) is 2. The minimum absolute atomic E-state index is 0.0259. The lowest BCUT2D eigenvalue weighted by molar-refractivity contribution is 0.181. The van der Waals surface area contributed by atoms with Crippen LogP contribution < -0.4 is 14.8 Å². The number of hydrogen-bond acceptors (Lipinski definition) is 4. The molecular formula is C17H22N2O2. The fourth-order valence-corrected chi connectivity index (χ4v) is 2.10. The van der Waals surface area contributed by atoms with Crippen LogP contribution in [0, 0.1) is 0 Å². The zero-order valence-corrected chi connectivity index (χ0v) is 12.6. The molecular weight excluding hydrogens is 263 g/mol. The normalized spacial score (nSPS) is 11.9. The topological polar surface area (TPSA) is 43.4 Å². The molecule has 1 aromatic carbocycles. The van der Waals surface area contributed by atoms with Crippen molar-refractivity contribution in [2.75, 3.05) is 20.2 Å². The second-order valence-electron chi connectivity index (χ2n) is 4.65. The number of aromatic nitrogens is 1. The third kappa shape index (κ3) is 4.46. The van der Waals surface area contributed by atoms with Gasteiger partial charge in [-0.15, -0.1) is 0 Å². The van der Waals surface area contributed by atoms with Crippen LogP contribution in [0.4, 0.5) is 0 Å². The second kappa shape index (κ2) is 8.27. The summed E-state index contributed by atoms with van der Waals surface area (Å²) in [7, 11) is 1.94. The monoisotopic (exact) mass is 285 g/mol. The summed E-state index contributed by atoms with van der Waals surface area (Å²) in [5, 5.41) is 3.17. The van der Waals surface area contributed by atoms with E-state index in [1.54, 1.807) is 6.20 Å². The van der Waals surface area contributed by atoms with Crippen molar-refractivity contribution in [3.8, 4) is 11.6 Å². The Hall–Kier alpha value is -2.07. The number of hydrogen-bond donors (Lipinski definition) is 1. The van der Waals surface area contributed by atoms with E-state index < -0.39 is 0 Å². The number of rotatable bonds is 8. The molecule has 0 spiro atoms. The molecule has 1 atom stereocenters. The Morgan fingerprint density at radius 3 is 2.67 bits per heavy atom. The van der Waals surface area contributed by atoms with Gasteiger partial charge in [0.2, 0.25) is 0 Å². The van der Waals surface area contributed by atoms with E-state index in [0.717, 1.165) is 18.5 Å². The fourth-order valence-electron chi connectivity index (χ4n) is 2.10. The van der Waals surface area contributed by atoms with E-state index in [1.807, 2.05) is 44.3 Å². The Kier molecular flexibility index (Phi) is 6.03. The maximum atomic E-state index is 6.16. The Morgan fingerprint density at radius 2 is 1.95 bits per heavy atom. The molecule has 1 heterocycles. The molecule has 21 heavy (non-hydrogen) atoms. The third-order valence-corrected chi connectivity index (χ3v) is 3.11. The fraction of sp³-hybridized carbons (Fsp3) is 0.353. The van der Waals surface area contributed by atoms with Crippen LogP contribution >= 0.6 is 0 Å². The maximum absolute atomic E-state index is 6.16. The SMILES string of the molecule is CCOc1ncccc1O[C@H](CCN[11CH3])c1ccccc1. The quantitative estimate of drug-likeness (QED) is 0.809. The highest BCUT2D eigenvalue weighted by atomic mass is 16.5. The summed E-state index contributed by atoms with van der Waals surface area (Å²) in [6, 6.07) is 14.0. The molecule has 112 valence electrons. The largest absolute Gasteiger partial charge is 0.480 e. The van der Waals surface area contributed by atoms with Gasteiger partial charge in [0.15, 0.2) is 5.75 Å². The first-order valence-corrected chi connectivity index (χ1v) is 7.29. The van der Waals surface area contributed by atoms with Gasteiger partial charge in [-0.05, 0) is 38.2 Å². The first-order chi connectivity index (χ1) is 10.3.